The van der Waals surface area contributed by atoms with Gasteiger partial charge in [-0.3, -0.25) is 0 Å². The van der Waals surface area contributed by atoms with Crippen LogP contribution in [0.25, 0.3) is 0 Å². The molecule has 0 aliphatic heterocycles. The molecule has 13 heavy (non-hydrogen) atoms. The number of hydrogen-bond donors (Lipinski definition) is 3. The molecule has 4 nitrogen and oxygen atoms in total. The fourth-order valence-corrected chi connectivity index (χ4v) is 2.54. The average molecular weight is 225 g/mol. The van der Waals surface area contributed by atoms with Crippen molar-refractivity contribution in [3.8, 4) is 0 Å². The predicted octanol–water partition coefficient (Wildman–Crippen LogP) is 0.0966. The number of thiol groups is 1. The second-order valence-corrected chi connectivity index (χ2v) is 7.32. The maximum Gasteiger partial charge on any atom is 0.226 e. The van der Waals surface area contributed by atoms with E-state index in [4.69, 9.17) is 0 Å². The fourth-order valence-electron chi connectivity index (χ4n) is 0.782. The molecule has 0 bridgehead atoms. The summed E-state index contributed by atoms with van der Waals surface area (Å²) in [6.07, 6.45) is 1.16. The minimum absolute atomic E-state index is 0.0254. The number of rotatable bonds is 4. The molecule has 2 N–H and O–H groups in total. The Balaban J connectivity index is 2.55. The second kappa shape index (κ2) is 3.12. The zero-order valence-corrected chi connectivity index (χ0v) is 9.45. The molecule has 1 aliphatic carbocycles. The van der Waals surface area contributed by atoms with Crippen LogP contribution in [-0.4, -0.2) is 29.7 Å². The van der Waals surface area contributed by atoms with Gasteiger partial charge in [-0.15, -0.1) is 0 Å². The van der Waals surface area contributed by atoms with Crippen molar-refractivity contribution in [3.05, 3.63) is 0 Å². The summed E-state index contributed by atoms with van der Waals surface area (Å²) in [5.41, 5.74) is -1.02. The topological polar surface area (TPSA) is 66.4 Å². The summed E-state index contributed by atoms with van der Waals surface area (Å²) in [6.45, 7) is 3.12. The van der Waals surface area contributed by atoms with Gasteiger partial charge in [-0.25, -0.2) is 13.1 Å². The highest BCUT2D eigenvalue weighted by atomic mass is 32.3. The first-order valence-corrected chi connectivity index (χ1v) is 6.03. The third-order valence-electron chi connectivity index (χ3n) is 1.87. The van der Waals surface area contributed by atoms with Gasteiger partial charge in [-0.2, -0.15) is 12.6 Å². The largest absolute Gasteiger partial charge is 0.389 e. The minimum atomic E-state index is -3.37. The van der Waals surface area contributed by atoms with Gasteiger partial charge < -0.3 is 5.11 Å². The molecule has 78 valence electrons. The van der Waals surface area contributed by atoms with Crippen molar-refractivity contribution in [1.29, 1.82) is 0 Å². The molecule has 6 heteroatoms. The van der Waals surface area contributed by atoms with Crippen molar-refractivity contribution in [2.24, 2.45) is 0 Å². The van der Waals surface area contributed by atoms with Gasteiger partial charge in [0.1, 0.15) is 4.08 Å². The van der Waals surface area contributed by atoms with E-state index >= 15 is 0 Å². The van der Waals surface area contributed by atoms with Crippen LogP contribution in [0, 0.1) is 0 Å². The van der Waals surface area contributed by atoms with Gasteiger partial charge in [0.15, 0.2) is 0 Å². The van der Waals surface area contributed by atoms with Crippen molar-refractivity contribution >= 4 is 22.7 Å². The van der Waals surface area contributed by atoms with Gasteiger partial charge >= 0.3 is 0 Å². The predicted molar refractivity (Wildman–Crippen MR) is 54.2 cm³/mol. The Morgan fingerprint density at radius 1 is 1.54 bits per heavy atom. The van der Waals surface area contributed by atoms with Crippen LogP contribution in [0.4, 0.5) is 0 Å². The first-order chi connectivity index (χ1) is 5.66. The highest BCUT2D eigenvalue weighted by Crippen LogP contribution is 2.46. The normalized spacial score (nSPS) is 21.5. The lowest BCUT2D eigenvalue weighted by atomic mass is 10.1. The van der Waals surface area contributed by atoms with E-state index in [1.165, 1.54) is 0 Å². The zero-order chi connectivity index (χ0) is 10.3. The van der Waals surface area contributed by atoms with E-state index in [2.05, 4.69) is 17.4 Å². The van der Waals surface area contributed by atoms with E-state index in [1.54, 1.807) is 13.8 Å². The summed E-state index contributed by atoms with van der Waals surface area (Å²) in [5, 5.41) is 9.32. The van der Waals surface area contributed by atoms with E-state index < -0.39 is 19.7 Å². The summed E-state index contributed by atoms with van der Waals surface area (Å²) in [7, 11) is -3.37. The third kappa shape index (κ3) is 2.83. The molecule has 0 atom stereocenters. The van der Waals surface area contributed by atoms with Crippen LogP contribution >= 0.6 is 12.6 Å². The Morgan fingerprint density at radius 3 is 2.31 bits per heavy atom. The van der Waals surface area contributed by atoms with Crippen LogP contribution in [0.2, 0.25) is 0 Å². The van der Waals surface area contributed by atoms with Crippen molar-refractivity contribution < 1.29 is 13.5 Å². The van der Waals surface area contributed by atoms with Crippen LogP contribution in [0.1, 0.15) is 26.7 Å². The van der Waals surface area contributed by atoms with Gasteiger partial charge in [0.05, 0.1) is 5.60 Å². The quantitative estimate of drug-likeness (QED) is 0.594. The van der Waals surface area contributed by atoms with E-state index in [9.17, 15) is 13.5 Å². The SMILES string of the molecule is CC(C)(O)CNS(=O)(=O)C1(S)CC1. The Morgan fingerprint density at radius 2 is 2.00 bits per heavy atom. The van der Waals surface area contributed by atoms with Crippen molar-refractivity contribution in [1.82, 2.24) is 4.72 Å². The molecular formula is C7H15NO3S2. The molecule has 0 amide bonds. The molecule has 0 radical (unpaired) electrons. The molecule has 0 unspecified atom stereocenters. The lowest BCUT2D eigenvalue weighted by Gasteiger charge is -2.19. The van der Waals surface area contributed by atoms with E-state index in [-0.39, 0.29) is 6.54 Å². The minimum Gasteiger partial charge on any atom is -0.389 e. The van der Waals surface area contributed by atoms with E-state index in [1.807, 2.05) is 0 Å². The molecule has 0 aromatic rings. The maximum absolute atomic E-state index is 11.5. The monoisotopic (exact) mass is 225 g/mol. The van der Waals surface area contributed by atoms with Crippen molar-refractivity contribution in [2.75, 3.05) is 6.54 Å². The van der Waals surface area contributed by atoms with Crippen LogP contribution in [0.5, 0.6) is 0 Å². The van der Waals surface area contributed by atoms with Crippen molar-refractivity contribution in [3.63, 3.8) is 0 Å². The molecule has 0 saturated heterocycles. The van der Waals surface area contributed by atoms with Gasteiger partial charge in [0, 0.05) is 6.54 Å². The maximum atomic E-state index is 11.5. The Kier molecular flexibility index (Phi) is 2.71. The lowest BCUT2D eigenvalue weighted by Crippen LogP contribution is -2.41. The van der Waals surface area contributed by atoms with Gasteiger partial charge in [0.2, 0.25) is 10.0 Å². The molecule has 0 aromatic heterocycles. The van der Waals surface area contributed by atoms with Crippen LogP contribution < -0.4 is 4.72 Å². The summed E-state index contributed by atoms with van der Waals surface area (Å²) >= 11 is 4.04. The lowest BCUT2D eigenvalue weighted by molar-refractivity contribution is 0.0857. The molecule has 0 aromatic carbocycles. The first-order valence-electron chi connectivity index (χ1n) is 4.10. The van der Waals surface area contributed by atoms with Crippen LogP contribution in [-0.2, 0) is 10.0 Å². The highest BCUT2D eigenvalue weighted by molar-refractivity contribution is 8.05. The summed E-state index contributed by atoms with van der Waals surface area (Å²) < 4.78 is 24.4. The average Bonchev–Trinajstić information content (AvgIpc) is 2.64. The summed E-state index contributed by atoms with van der Waals surface area (Å²) in [4.78, 5) is 0. The molecule has 1 aliphatic rings. The summed E-state index contributed by atoms with van der Waals surface area (Å²) in [6, 6.07) is 0. The van der Waals surface area contributed by atoms with E-state index in [0.717, 1.165) is 0 Å². The van der Waals surface area contributed by atoms with Crippen LogP contribution in [0.3, 0.4) is 0 Å². The third-order valence-corrected chi connectivity index (χ3v) is 4.97. The smallest absolute Gasteiger partial charge is 0.226 e. The molecular weight excluding hydrogens is 210 g/mol. The highest BCUT2D eigenvalue weighted by Gasteiger charge is 2.51. The van der Waals surface area contributed by atoms with E-state index in [0.29, 0.717) is 12.8 Å². The molecule has 0 heterocycles. The standard InChI is InChI=1S/C7H15NO3S2/c1-6(2,9)5-8-13(10,11)7(12)3-4-7/h8-9,12H,3-5H2,1-2H3. The number of hydrogen-bond acceptors (Lipinski definition) is 4. The number of nitrogens with one attached hydrogen (secondary N) is 1. The zero-order valence-electron chi connectivity index (χ0n) is 7.74. The van der Waals surface area contributed by atoms with Crippen molar-refractivity contribution in [2.45, 2.75) is 36.4 Å². The Labute approximate surface area is 84.2 Å². The number of sulfonamides is 1. The first kappa shape index (κ1) is 11.3. The molecule has 1 fully saturated rings. The second-order valence-electron chi connectivity index (χ2n) is 4.08. The summed E-state index contributed by atoms with van der Waals surface area (Å²) in [5.74, 6) is 0. The molecule has 1 rings (SSSR count). The van der Waals surface area contributed by atoms with Gasteiger partial charge in [-0.1, -0.05) is 0 Å². The molecule has 1 saturated carbocycles. The van der Waals surface area contributed by atoms with Gasteiger partial charge in [0.25, 0.3) is 0 Å². The Hall–Kier alpha value is 0.220. The fraction of sp³-hybridized carbons (Fsp3) is 1.00. The Bertz CT molecular complexity index is 287. The van der Waals surface area contributed by atoms with Crippen LogP contribution in [0.15, 0.2) is 0 Å². The number of aliphatic hydroxyl groups is 1. The van der Waals surface area contributed by atoms with Gasteiger partial charge in [-0.05, 0) is 26.7 Å². The molecule has 0 spiro atoms.